The van der Waals surface area contributed by atoms with E-state index < -0.39 is 5.97 Å². The summed E-state index contributed by atoms with van der Waals surface area (Å²) in [5, 5.41) is 7.71. The Hall–Kier alpha value is -2.37. The van der Waals surface area contributed by atoms with Gasteiger partial charge in [0.15, 0.2) is 10.2 Å². The zero-order chi connectivity index (χ0) is 19.9. The number of carbonyl (C=O) groups excluding carboxylic acids is 2. The summed E-state index contributed by atoms with van der Waals surface area (Å²) in [6, 6.07) is 9.23. The van der Waals surface area contributed by atoms with E-state index in [1.165, 1.54) is 45.9 Å². The third-order valence-corrected chi connectivity index (χ3v) is 5.92. The zero-order valence-corrected chi connectivity index (χ0v) is 17.6. The lowest BCUT2D eigenvalue weighted by molar-refractivity contribution is -0.113. The van der Waals surface area contributed by atoms with E-state index in [1.807, 2.05) is 36.6 Å². The lowest BCUT2D eigenvalue weighted by atomic mass is 10.3. The summed E-state index contributed by atoms with van der Waals surface area (Å²) in [5.74, 6) is -0.418. The minimum atomic E-state index is -0.540. The quantitative estimate of drug-likeness (QED) is 0.425. The lowest BCUT2D eigenvalue weighted by Gasteiger charge is -2.10. The molecule has 0 radical (unpaired) electrons. The van der Waals surface area contributed by atoms with E-state index >= 15 is 0 Å². The van der Waals surface area contributed by atoms with Crippen LogP contribution in [0.3, 0.4) is 0 Å². The number of esters is 1. The zero-order valence-electron chi connectivity index (χ0n) is 15.1. The van der Waals surface area contributed by atoms with Crippen LogP contribution in [-0.2, 0) is 9.53 Å². The maximum Gasteiger partial charge on any atom is 0.343 e. The highest BCUT2D eigenvalue weighted by atomic mass is 32.2. The van der Waals surface area contributed by atoms with E-state index in [4.69, 9.17) is 4.74 Å². The van der Waals surface area contributed by atoms with Gasteiger partial charge in [0.05, 0.1) is 24.2 Å². The van der Waals surface area contributed by atoms with Crippen LogP contribution in [0.5, 0.6) is 0 Å². The molecule has 3 aromatic rings. The van der Waals surface area contributed by atoms with Crippen molar-refractivity contribution in [2.24, 2.45) is 0 Å². The molecule has 0 unspecified atom stereocenters. The highest BCUT2D eigenvalue weighted by Crippen LogP contribution is 2.25. The number of ether oxygens (including phenoxy) is 1. The molecule has 0 atom stereocenters. The van der Waals surface area contributed by atoms with Crippen molar-refractivity contribution in [2.45, 2.75) is 16.4 Å². The standard InChI is InChI=1S/C17H17N5O3S3/c1-3-25-15(24)12-9-18-22(11-7-5-4-6-8-11)14(12)19-13(23)10-27-17-20-16(26-2)21-28-17/h4-9H,3,10H2,1-2H3,(H,19,23). The molecular formula is C17H17N5O3S3. The van der Waals surface area contributed by atoms with Gasteiger partial charge in [0.2, 0.25) is 11.1 Å². The molecule has 11 heteroatoms. The van der Waals surface area contributed by atoms with Crippen LogP contribution in [0.15, 0.2) is 46.0 Å². The molecule has 0 saturated carbocycles. The van der Waals surface area contributed by atoms with Crippen molar-refractivity contribution in [3.05, 3.63) is 42.1 Å². The van der Waals surface area contributed by atoms with Gasteiger partial charge >= 0.3 is 5.97 Å². The molecule has 1 amide bonds. The van der Waals surface area contributed by atoms with Gasteiger partial charge < -0.3 is 10.1 Å². The number of carbonyl (C=O) groups is 2. The largest absolute Gasteiger partial charge is 0.462 e. The highest BCUT2D eigenvalue weighted by molar-refractivity contribution is 8.01. The average Bonchev–Trinajstić information content (AvgIpc) is 3.34. The molecule has 28 heavy (non-hydrogen) atoms. The van der Waals surface area contributed by atoms with Crippen LogP contribution in [0.25, 0.3) is 5.69 Å². The minimum absolute atomic E-state index is 0.130. The predicted octanol–water partition coefficient (Wildman–Crippen LogP) is 3.35. The summed E-state index contributed by atoms with van der Waals surface area (Å²) < 4.78 is 11.5. The van der Waals surface area contributed by atoms with Gasteiger partial charge in [0, 0.05) is 0 Å². The van der Waals surface area contributed by atoms with Crippen LogP contribution < -0.4 is 5.32 Å². The summed E-state index contributed by atoms with van der Waals surface area (Å²) in [5.41, 5.74) is 0.916. The van der Waals surface area contributed by atoms with Gasteiger partial charge in [-0.15, -0.1) is 0 Å². The van der Waals surface area contributed by atoms with E-state index in [1.54, 1.807) is 6.92 Å². The van der Waals surface area contributed by atoms with E-state index in [-0.39, 0.29) is 29.6 Å². The molecule has 1 aromatic carbocycles. The number of rotatable bonds is 8. The number of anilines is 1. The summed E-state index contributed by atoms with van der Waals surface area (Å²) in [7, 11) is 0. The van der Waals surface area contributed by atoms with Crippen molar-refractivity contribution in [2.75, 3.05) is 23.9 Å². The summed E-state index contributed by atoms with van der Waals surface area (Å²) in [6.45, 7) is 1.95. The molecule has 0 fully saturated rings. The second kappa shape index (κ2) is 9.71. The number of hydrogen-bond acceptors (Lipinski definition) is 9. The maximum absolute atomic E-state index is 12.5. The van der Waals surface area contributed by atoms with Crippen molar-refractivity contribution in [3.63, 3.8) is 0 Å². The molecular weight excluding hydrogens is 418 g/mol. The van der Waals surface area contributed by atoms with Gasteiger partial charge in [-0.1, -0.05) is 41.7 Å². The molecule has 0 aliphatic rings. The van der Waals surface area contributed by atoms with Crippen LogP contribution in [0.2, 0.25) is 0 Å². The third-order valence-electron chi connectivity index (χ3n) is 3.42. The Bertz CT molecular complexity index is 958. The SMILES string of the molecule is CCOC(=O)c1cnn(-c2ccccc2)c1NC(=O)CSc1nc(SC)ns1. The van der Waals surface area contributed by atoms with Crippen LogP contribution in [-0.4, -0.2) is 49.6 Å². The second-order valence-corrected chi connectivity index (χ2v) is 8.01. The maximum atomic E-state index is 12.5. The fraction of sp³-hybridized carbons (Fsp3) is 0.235. The van der Waals surface area contributed by atoms with Gasteiger partial charge in [-0.3, -0.25) is 4.79 Å². The van der Waals surface area contributed by atoms with Crippen molar-refractivity contribution in [3.8, 4) is 5.69 Å². The van der Waals surface area contributed by atoms with Crippen LogP contribution in [0.1, 0.15) is 17.3 Å². The molecule has 8 nitrogen and oxygen atoms in total. The number of benzene rings is 1. The molecule has 0 aliphatic heterocycles. The van der Waals surface area contributed by atoms with E-state index in [9.17, 15) is 9.59 Å². The van der Waals surface area contributed by atoms with Gasteiger partial charge in [0.1, 0.15) is 5.56 Å². The van der Waals surface area contributed by atoms with Crippen LogP contribution in [0.4, 0.5) is 5.82 Å². The van der Waals surface area contributed by atoms with Crippen molar-refractivity contribution < 1.29 is 14.3 Å². The molecule has 146 valence electrons. The van der Waals surface area contributed by atoms with Gasteiger partial charge in [-0.05, 0) is 36.8 Å². The molecule has 0 saturated heterocycles. The molecule has 0 aliphatic carbocycles. The fourth-order valence-corrected chi connectivity index (χ4v) is 4.24. The topological polar surface area (TPSA) is 99.0 Å². The number of aromatic nitrogens is 4. The number of nitrogens with one attached hydrogen (secondary N) is 1. The Morgan fingerprint density at radius 1 is 1.29 bits per heavy atom. The lowest BCUT2D eigenvalue weighted by Crippen LogP contribution is -2.19. The average molecular weight is 436 g/mol. The van der Waals surface area contributed by atoms with Crippen LogP contribution in [0, 0.1) is 0 Å². The molecule has 2 aromatic heterocycles. The molecule has 3 rings (SSSR count). The first kappa shape index (κ1) is 20.4. The Morgan fingerprint density at radius 3 is 2.75 bits per heavy atom. The second-order valence-electron chi connectivity index (χ2n) is 5.26. The van der Waals surface area contributed by atoms with Crippen molar-refractivity contribution >= 4 is 52.8 Å². The Kier molecular flexibility index (Phi) is 7.06. The smallest absolute Gasteiger partial charge is 0.343 e. The Labute approximate surface area is 174 Å². The van der Waals surface area contributed by atoms with Crippen molar-refractivity contribution in [1.82, 2.24) is 19.1 Å². The monoisotopic (exact) mass is 435 g/mol. The summed E-state index contributed by atoms with van der Waals surface area (Å²) in [6.07, 6.45) is 3.29. The summed E-state index contributed by atoms with van der Waals surface area (Å²) >= 11 is 3.98. The fourth-order valence-electron chi connectivity index (χ4n) is 2.23. The van der Waals surface area contributed by atoms with Gasteiger partial charge in [0.25, 0.3) is 0 Å². The van der Waals surface area contributed by atoms with E-state index in [0.29, 0.717) is 9.50 Å². The number of thioether (sulfide) groups is 2. The predicted molar refractivity (Wildman–Crippen MR) is 111 cm³/mol. The minimum Gasteiger partial charge on any atom is -0.462 e. The number of amides is 1. The first-order valence-electron chi connectivity index (χ1n) is 8.23. The Balaban J connectivity index is 1.79. The molecule has 0 spiro atoms. The number of hydrogen-bond donors (Lipinski definition) is 1. The molecule has 2 heterocycles. The number of nitrogens with zero attached hydrogens (tertiary/aromatic N) is 4. The first-order valence-corrected chi connectivity index (χ1v) is 11.2. The van der Waals surface area contributed by atoms with E-state index in [0.717, 1.165) is 5.69 Å². The Morgan fingerprint density at radius 2 is 2.07 bits per heavy atom. The highest BCUT2D eigenvalue weighted by Gasteiger charge is 2.21. The summed E-state index contributed by atoms with van der Waals surface area (Å²) in [4.78, 5) is 29.1. The molecule has 1 N–H and O–H groups in total. The third kappa shape index (κ3) is 4.91. The van der Waals surface area contributed by atoms with E-state index in [2.05, 4.69) is 19.8 Å². The first-order chi connectivity index (χ1) is 13.6. The molecule has 0 bridgehead atoms. The van der Waals surface area contributed by atoms with Crippen LogP contribution >= 0.6 is 35.1 Å². The van der Waals surface area contributed by atoms with Crippen molar-refractivity contribution in [1.29, 1.82) is 0 Å². The normalized spacial score (nSPS) is 10.6. The number of para-hydroxylation sites is 1. The van der Waals surface area contributed by atoms with Gasteiger partial charge in [-0.2, -0.15) is 9.47 Å². The van der Waals surface area contributed by atoms with Gasteiger partial charge in [-0.25, -0.2) is 14.5 Å².